The number of benzene rings is 2. The van der Waals surface area contributed by atoms with Gasteiger partial charge in [0, 0.05) is 31.4 Å². The average Bonchev–Trinajstić information content (AvgIpc) is 2.71. The van der Waals surface area contributed by atoms with Crippen molar-refractivity contribution in [1.82, 2.24) is 5.32 Å². The van der Waals surface area contributed by atoms with Gasteiger partial charge in [0.2, 0.25) is 5.91 Å². The zero-order valence-electron chi connectivity index (χ0n) is 16.0. The molecule has 0 radical (unpaired) electrons. The molecule has 1 aliphatic heterocycles. The number of aryl methyl sites for hydroxylation is 1. The van der Waals surface area contributed by atoms with Crippen LogP contribution in [0.25, 0.3) is 0 Å². The van der Waals surface area contributed by atoms with E-state index < -0.39 is 11.8 Å². The summed E-state index contributed by atoms with van der Waals surface area (Å²) >= 11 is 0. The van der Waals surface area contributed by atoms with Crippen LogP contribution in [0.5, 0.6) is 5.75 Å². The Bertz CT molecular complexity index is 893. The highest BCUT2D eigenvalue weighted by Crippen LogP contribution is 2.29. The minimum atomic E-state index is -0.729. The summed E-state index contributed by atoms with van der Waals surface area (Å²) in [6, 6.07) is 12.6. The first-order chi connectivity index (χ1) is 13.5. The zero-order chi connectivity index (χ0) is 20.1. The van der Waals surface area contributed by atoms with Gasteiger partial charge in [-0.15, -0.1) is 0 Å². The van der Waals surface area contributed by atoms with Gasteiger partial charge < -0.3 is 20.3 Å². The van der Waals surface area contributed by atoms with Gasteiger partial charge in [-0.3, -0.25) is 14.4 Å². The number of carbonyl (C=O) groups excluding carboxylic acids is 3. The van der Waals surface area contributed by atoms with E-state index in [0.29, 0.717) is 12.2 Å². The molecule has 0 aromatic heterocycles. The van der Waals surface area contributed by atoms with E-state index in [1.165, 1.54) is 6.92 Å². The average molecular weight is 381 g/mol. The molecule has 2 aromatic rings. The SMILES string of the molecule is COc1ccc(CNC(=O)C(=O)Nc2ccc3c(c2)CCCN3C(C)=O)cc1. The van der Waals surface area contributed by atoms with E-state index in [4.69, 9.17) is 4.74 Å². The van der Waals surface area contributed by atoms with Crippen LogP contribution < -0.4 is 20.3 Å². The molecule has 0 unspecified atom stereocenters. The molecule has 3 amide bonds. The summed E-state index contributed by atoms with van der Waals surface area (Å²) in [5.74, 6) is -0.717. The number of methoxy groups -OCH3 is 1. The highest BCUT2D eigenvalue weighted by Gasteiger charge is 2.21. The molecule has 2 N–H and O–H groups in total. The Balaban J connectivity index is 1.59. The molecule has 0 bridgehead atoms. The Morgan fingerprint density at radius 2 is 1.82 bits per heavy atom. The molecule has 0 spiro atoms. The third-order valence-electron chi connectivity index (χ3n) is 4.65. The highest BCUT2D eigenvalue weighted by atomic mass is 16.5. The molecule has 7 heteroatoms. The molecule has 1 aliphatic rings. The minimum Gasteiger partial charge on any atom is -0.497 e. The van der Waals surface area contributed by atoms with Crippen LogP contribution >= 0.6 is 0 Å². The molecule has 3 rings (SSSR count). The minimum absolute atomic E-state index is 0.00403. The monoisotopic (exact) mass is 381 g/mol. The molecule has 0 fully saturated rings. The van der Waals surface area contributed by atoms with Crippen molar-refractivity contribution in [2.24, 2.45) is 0 Å². The van der Waals surface area contributed by atoms with Crippen molar-refractivity contribution in [3.8, 4) is 5.75 Å². The smallest absolute Gasteiger partial charge is 0.313 e. The fourth-order valence-electron chi connectivity index (χ4n) is 3.20. The van der Waals surface area contributed by atoms with Crippen LogP contribution in [0.3, 0.4) is 0 Å². The molecule has 28 heavy (non-hydrogen) atoms. The predicted molar refractivity (Wildman–Crippen MR) is 106 cm³/mol. The summed E-state index contributed by atoms with van der Waals surface area (Å²) in [5, 5.41) is 5.21. The largest absolute Gasteiger partial charge is 0.497 e. The first kappa shape index (κ1) is 19.4. The molecule has 146 valence electrons. The Kier molecular flexibility index (Phi) is 5.93. The Morgan fingerprint density at radius 1 is 1.07 bits per heavy atom. The number of hydrogen-bond donors (Lipinski definition) is 2. The van der Waals surface area contributed by atoms with Crippen LogP contribution in [0.2, 0.25) is 0 Å². The number of ether oxygens (including phenoxy) is 1. The molecule has 0 saturated heterocycles. The normalized spacial score (nSPS) is 12.7. The lowest BCUT2D eigenvalue weighted by molar-refractivity contribution is -0.136. The van der Waals surface area contributed by atoms with Crippen molar-refractivity contribution in [3.05, 3.63) is 53.6 Å². The summed E-state index contributed by atoms with van der Waals surface area (Å²) in [6.45, 7) is 2.48. The van der Waals surface area contributed by atoms with Crippen molar-refractivity contribution < 1.29 is 19.1 Å². The van der Waals surface area contributed by atoms with Gasteiger partial charge in [-0.25, -0.2) is 0 Å². The van der Waals surface area contributed by atoms with E-state index in [0.717, 1.165) is 35.4 Å². The van der Waals surface area contributed by atoms with E-state index in [2.05, 4.69) is 10.6 Å². The van der Waals surface area contributed by atoms with Gasteiger partial charge in [0.05, 0.1) is 7.11 Å². The predicted octanol–water partition coefficient (Wildman–Crippen LogP) is 2.25. The van der Waals surface area contributed by atoms with Gasteiger partial charge >= 0.3 is 11.8 Å². The second-order valence-electron chi connectivity index (χ2n) is 6.60. The number of hydrogen-bond acceptors (Lipinski definition) is 4. The van der Waals surface area contributed by atoms with Gasteiger partial charge in [0.25, 0.3) is 0 Å². The van der Waals surface area contributed by atoms with Crippen molar-refractivity contribution in [3.63, 3.8) is 0 Å². The fraction of sp³-hybridized carbons (Fsp3) is 0.286. The van der Waals surface area contributed by atoms with Gasteiger partial charge in [-0.05, 0) is 54.3 Å². The molecule has 2 aromatic carbocycles. The number of rotatable bonds is 4. The topological polar surface area (TPSA) is 87.7 Å². The number of fused-ring (bicyclic) bond motifs is 1. The van der Waals surface area contributed by atoms with Crippen LogP contribution in [-0.4, -0.2) is 31.4 Å². The fourth-order valence-corrected chi connectivity index (χ4v) is 3.20. The van der Waals surface area contributed by atoms with E-state index in [9.17, 15) is 14.4 Å². The molecule has 0 aliphatic carbocycles. The molecular weight excluding hydrogens is 358 g/mol. The number of anilines is 2. The Labute approximate surface area is 163 Å². The summed E-state index contributed by atoms with van der Waals surface area (Å²) in [4.78, 5) is 37.7. The lowest BCUT2D eigenvalue weighted by atomic mass is 10.0. The van der Waals surface area contributed by atoms with Crippen LogP contribution in [0.1, 0.15) is 24.5 Å². The van der Waals surface area contributed by atoms with Crippen molar-refractivity contribution in [1.29, 1.82) is 0 Å². The van der Waals surface area contributed by atoms with Gasteiger partial charge in [-0.2, -0.15) is 0 Å². The van der Waals surface area contributed by atoms with Crippen molar-refractivity contribution >= 4 is 29.1 Å². The van der Waals surface area contributed by atoms with Crippen LogP contribution in [-0.2, 0) is 27.3 Å². The van der Waals surface area contributed by atoms with Gasteiger partial charge in [0.1, 0.15) is 5.75 Å². The van der Waals surface area contributed by atoms with Crippen molar-refractivity contribution in [2.75, 3.05) is 23.9 Å². The van der Waals surface area contributed by atoms with Gasteiger partial charge in [-0.1, -0.05) is 12.1 Å². The number of nitrogens with one attached hydrogen (secondary N) is 2. The highest BCUT2D eigenvalue weighted by molar-refractivity contribution is 6.39. The second kappa shape index (κ2) is 8.56. The first-order valence-corrected chi connectivity index (χ1v) is 9.11. The lowest BCUT2D eigenvalue weighted by Crippen LogP contribution is -2.35. The maximum atomic E-state index is 12.2. The summed E-state index contributed by atoms with van der Waals surface area (Å²) < 4.78 is 5.09. The van der Waals surface area contributed by atoms with E-state index in [-0.39, 0.29) is 12.5 Å². The molecule has 0 atom stereocenters. The number of amides is 3. The Morgan fingerprint density at radius 3 is 2.50 bits per heavy atom. The van der Waals surface area contributed by atoms with E-state index in [1.54, 1.807) is 36.3 Å². The first-order valence-electron chi connectivity index (χ1n) is 9.11. The third-order valence-corrected chi connectivity index (χ3v) is 4.65. The number of carbonyl (C=O) groups is 3. The van der Waals surface area contributed by atoms with Crippen LogP contribution in [0.15, 0.2) is 42.5 Å². The molecular formula is C21H23N3O4. The third kappa shape index (κ3) is 4.49. The lowest BCUT2D eigenvalue weighted by Gasteiger charge is -2.28. The van der Waals surface area contributed by atoms with Gasteiger partial charge in [0.15, 0.2) is 0 Å². The quantitative estimate of drug-likeness (QED) is 0.795. The Hall–Kier alpha value is -3.35. The summed E-state index contributed by atoms with van der Waals surface area (Å²) in [6.07, 6.45) is 1.69. The maximum absolute atomic E-state index is 12.2. The molecule has 1 heterocycles. The van der Waals surface area contributed by atoms with E-state index >= 15 is 0 Å². The summed E-state index contributed by atoms with van der Waals surface area (Å²) in [5.41, 5.74) is 3.24. The van der Waals surface area contributed by atoms with Crippen molar-refractivity contribution in [2.45, 2.75) is 26.3 Å². The maximum Gasteiger partial charge on any atom is 0.313 e. The van der Waals surface area contributed by atoms with Crippen LogP contribution in [0, 0.1) is 0 Å². The number of nitrogens with zero attached hydrogens (tertiary/aromatic N) is 1. The van der Waals surface area contributed by atoms with Crippen LogP contribution in [0.4, 0.5) is 11.4 Å². The standard InChI is InChI=1S/C21H23N3O4/c1-14(25)24-11-3-4-16-12-17(7-10-19(16)24)23-21(27)20(26)22-13-15-5-8-18(28-2)9-6-15/h5-10,12H,3-4,11,13H2,1-2H3,(H,22,26)(H,23,27). The zero-order valence-corrected chi connectivity index (χ0v) is 16.0. The molecule has 7 nitrogen and oxygen atoms in total. The van der Waals surface area contributed by atoms with E-state index in [1.807, 2.05) is 18.2 Å². The molecule has 0 saturated carbocycles. The summed E-state index contributed by atoms with van der Waals surface area (Å²) in [7, 11) is 1.58. The second-order valence-corrected chi connectivity index (χ2v) is 6.60.